The van der Waals surface area contributed by atoms with Gasteiger partial charge in [0.15, 0.2) is 11.5 Å². The van der Waals surface area contributed by atoms with Crippen molar-refractivity contribution >= 4 is 17.4 Å². The second kappa shape index (κ2) is 8.23. The van der Waals surface area contributed by atoms with Gasteiger partial charge < -0.3 is 15.5 Å². The minimum absolute atomic E-state index is 0.163. The van der Waals surface area contributed by atoms with Crippen molar-refractivity contribution in [2.75, 3.05) is 31.5 Å². The normalized spacial score (nSPS) is 13.7. The van der Waals surface area contributed by atoms with Crippen LogP contribution in [0.1, 0.15) is 5.69 Å². The van der Waals surface area contributed by atoms with Crippen LogP contribution in [-0.4, -0.2) is 51.9 Å². The van der Waals surface area contributed by atoms with E-state index in [-0.39, 0.29) is 11.6 Å². The van der Waals surface area contributed by atoms with Gasteiger partial charge in [-0.25, -0.2) is 19.3 Å². The van der Waals surface area contributed by atoms with Crippen molar-refractivity contribution in [1.29, 1.82) is 0 Å². The number of nitrogens with zero attached hydrogens (tertiary/aromatic N) is 4. The maximum Gasteiger partial charge on any atom is 0.321 e. The number of carbonyl (C=O) groups is 1. The van der Waals surface area contributed by atoms with Crippen LogP contribution in [-0.2, 0) is 0 Å². The number of anilines is 1. The molecule has 3 N–H and O–H groups in total. The minimum atomic E-state index is -0.229. The zero-order chi connectivity index (χ0) is 21.1. The molecule has 30 heavy (non-hydrogen) atoms. The lowest BCUT2D eigenvalue weighted by molar-refractivity contribution is 0.204. The summed E-state index contributed by atoms with van der Waals surface area (Å²) in [5.74, 6) is 0.423. The van der Waals surface area contributed by atoms with Crippen LogP contribution < -0.4 is 16.2 Å². The highest BCUT2D eigenvalue weighted by atomic mass is 16.2. The largest absolute Gasteiger partial charge is 0.322 e. The molecule has 0 radical (unpaired) electrons. The van der Waals surface area contributed by atoms with Gasteiger partial charge in [-0.2, -0.15) is 0 Å². The molecule has 1 saturated heterocycles. The van der Waals surface area contributed by atoms with Crippen molar-refractivity contribution in [3.05, 3.63) is 70.1 Å². The predicted molar refractivity (Wildman–Crippen MR) is 114 cm³/mol. The van der Waals surface area contributed by atoms with E-state index in [9.17, 15) is 9.59 Å². The van der Waals surface area contributed by atoms with Gasteiger partial charge in [0.05, 0.1) is 24.0 Å². The molecule has 1 fully saturated rings. The number of piperazine rings is 1. The van der Waals surface area contributed by atoms with Gasteiger partial charge in [-0.15, -0.1) is 0 Å². The Morgan fingerprint density at radius 3 is 2.53 bits per heavy atom. The molecule has 0 bridgehead atoms. The Morgan fingerprint density at radius 1 is 1.17 bits per heavy atom. The molecule has 2 aromatic heterocycles. The third-order valence-electron chi connectivity index (χ3n) is 4.99. The Morgan fingerprint density at radius 2 is 1.90 bits per heavy atom. The number of pyridine rings is 1. The summed E-state index contributed by atoms with van der Waals surface area (Å²) in [6, 6.07) is 10.1. The number of aromatic nitrogens is 3. The quantitative estimate of drug-likeness (QED) is 0.585. The molecular weight excluding hydrogens is 382 g/mol. The van der Waals surface area contributed by atoms with E-state index < -0.39 is 0 Å². The molecule has 9 nitrogen and oxygen atoms in total. The lowest BCUT2D eigenvalue weighted by atomic mass is 10.1. The number of urea groups is 1. The molecule has 1 aliphatic heterocycles. The maximum atomic E-state index is 13.0. The number of benzene rings is 1. The van der Waals surface area contributed by atoms with E-state index in [1.807, 2.05) is 6.92 Å². The third-order valence-corrected chi connectivity index (χ3v) is 4.99. The number of aromatic amines is 1. The first-order chi connectivity index (χ1) is 14.6. The summed E-state index contributed by atoms with van der Waals surface area (Å²) in [5, 5.41) is 9.09. The fraction of sp³-hybridized carbons (Fsp3) is 0.238. The van der Waals surface area contributed by atoms with E-state index in [0.717, 1.165) is 18.7 Å². The first-order valence-corrected chi connectivity index (χ1v) is 9.59. The molecule has 1 aliphatic rings. The number of hydrogen-bond donors (Lipinski definition) is 3. The molecule has 0 saturated carbocycles. The number of carbonyl (C=O) groups excluding carboxylic acids is 1. The highest BCUT2D eigenvalue weighted by molar-refractivity contribution is 5.89. The van der Waals surface area contributed by atoms with Crippen molar-refractivity contribution in [3.8, 4) is 16.9 Å². The monoisotopic (exact) mass is 403 g/mol. The van der Waals surface area contributed by atoms with E-state index in [1.54, 1.807) is 41.3 Å². The first kappa shape index (κ1) is 19.4. The molecule has 0 unspecified atom stereocenters. The molecule has 0 atom stereocenters. The Labute approximate surface area is 173 Å². The molecule has 0 aliphatic carbocycles. The summed E-state index contributed by atoms with van der Waals surface area (Å²) in [7, 11) is 0. The van der Waals surface area contributed by atoms with E-state index in [4.69, 9.17) is 6.57 Å². The van der Waals surface area contributed by atoms with Gasteiger partial charge in [0.2, 0.25) is 0 Å². The SMILES string of the molecule is [C-]#[N+]c1ccc(-c2c(C)[nH]n(-c3ccc(NC(=O)N4CCNCC4)cn3)c2=O)cc1. The van der Waals surface area contributed by atoms with Crippen LogP contribution in [0.4, 0.5) is 16.2 Å². The van der Waals surface area contributed by atoms with Crippen LogP contribution in [0.15, 0.2) is 47.4 Å². The summed E-state index contributed by atoms with van der Waals surface area (Å²) < 4.78 is 1.37. The molecule has 152 valence electrons. The van der Waals surface area contributed by atoms with E-state index >= 15 is 0 Å². The smallest absolute Gasteiger partial charge is 0.321 e. The standard InChI is InChI=1S/C21H21N7O2/c1-14-19(15-3-5-16(22-2)6-4-15)20(29)28(26-14)18-8-7-17(13-24-18)25-21(30)27-11-9-23-10-12-27/h3-8,13,23,26H,9-12H2,1H3,(H,25,30). The van der Waals surface area contributed by atoms with Gasteiger partial charge in [0, 0.05) is 31.9 Å². The van der Waals surface area contributed by atoms with Crippen LogP contribution >= 0.6 is 0 Å². The molecule has 0 spiro atoms. The second-order valence-electron chi connectivity index (χ2n) is 6.98. The Kier molecular flexibility index (Phi) is 5.32. The average molecular weight is 403 g/mol. The van der Waals surface area contributed by atoms with Crippen LogP contribution in [0.2, 0.25) is 0 Å². The van der Waals surface area contributed by atoms with E-state index in [0.29, 0.717) is 41.5 Å². The third kappa shape index (κ3) is 3.81. The molecular formula is C21H21N7O2. The zero-order valence-corrected chi connectivity index (χ0v) is 16.5. The number of rotatable bonds is 3. The van der Waals surface area contributed by atoms with Crippen molar-refractivity contribution in [3.63, 3.8) is 0 Å². The summed E-state index contributed by atoms with van der Waals surface area (Å²) in [4.78, 5) is 34.7. The topological polar surface area (TPSA) is 99.4 Å². The Bertz CT molecular complexity index is 1150. The predicted octanol–water partition coefficient (Wildman–Crippen LogP) is 2.52. The molecule has 3 aromatic rings. The summed E-state index contributed by atoms with van der Waals surface area (Å²) in [5.41, 5.74) is 2.83. The molecule has 2 amide bonds. The number of H-pyrrole nitrogens is 1. The summed E-state index contributed by atoms with van der Waals surface area (Å²) in [6.07, 6.45) is 1.53. The average Bonchev–Trinajstić information content (AvgIpc) is 3.09. The zero-order valence-electron chi connectivity index (χ0n) is 16.5. The number of amides is 2. The van der Waals surface area contributed by atoms with Crippen LogP contribution in [0.5, 0.6) is 0 Å². The summed E-state index contributed by atoms with van der Waals surface area (Å²) >= 11 is 0. The maximum absolute atomic E-state index is 13.0. The Balaban J connectivity index is 1.55. The number of hydrogen-bond acceptors (Lipinski definition) is 4. The highest BCUT2D eigenvalue weighted by Gasteiger charge is 2.17. The van der Waals surface area contributed by atoms with Gasteiger partial charge in [0.1, 0.15) is 0 Å². The molecule has 3 heterocycles. The minimum Gasteiger partial charge on any atom is -0.322 e. The van der Waals surface area contributed by atoms with Gasteiger partial charge in [-0.3, -0.25) is 9.89 Å². The van der Waals surface area contributed by atoms with E-state index in [1.165, 1.54) is 10.9 Å². The highest BCUT2D eigenvalue weighted by Crippen LogP contribution is 2.23. The van der Waals surface area contributed by atoms with E-state index in [2.05, 4.69) is 25.6 Å². The Hall–Kier alpha value is -3.90. The van der Waals surface area contributed by atoms with Gasteiger partial charge >= 0.3 is 6.03 Å². The van der Waals surface area contributed by atoms with Crippen LogP contribution in [0.3, 0.4) is 0 Å². The van der Waals surface area contributed by atoms with Crippen molar-refractivity contribution in [2.24, 2.45) is 0 Å². The second-order valence-corrected chi connectivity index (χ2v) is 6.98. The van der Waals surface area contributed by atoms with Crippen LogP contribution in [0, 0.1) is 13.5 Å². The number of nitrogens with one attached hydrogen (secondary N) is 3. The van der Waals surface area contributed by atoms with Crippen molar-refractivity contribution in [1.82, 2.24) is 25.0 Å². The van der Waals surface area contributed by atoms with Gasteiger partial charge in [-0.1, -0.05) is 24.3 Å². The van der Waals surface area contributed by atoms with Crippen molar-refractivity contribution in [2.45, 2.75) is 6.92 Å². The lowest BCUT2D eigenvalue weighted by Crippen LogP contribution is -2.48. The molecule has 9 heteroatoms. The molecule has 4 rings (SSSR count). The fourth-order valence-electron chi connectivity index (χ4n) is 3.41. The van der Waals surface area contributed by atoms with Crippen LogP contribution in [0.25, 0.3) is 21.8 Å². The van der Waals surface area contributed by atoms with Gasteiger partial charge in [0.25, 0.3) is 5.56 Å². The summed E-state index contributed by atoms with van der Waals surface area (Å²) in [6.45, 7) is 11.8. The van der Waals surface area contributed by atoms with Crippen molar-refractivity contribution < 1.29 is 4.79 Å². The van der Waals surface area contributed by atoms with Gasteiger partial charge in [-0.05, 0) is 24.6 Å². The first-order valence-electron chi connectivity index (χ1n) is 9.59. The fourth-order valence-corrected chi connectivity index (χ4v) is 3.41. The molecule has 1 aromatic carbocycles. The number of aryl methyl sites for hydroxylation is 1. The lowest BCUT2D eigenvalue weighted by Gasteiger charge is -2.27.